The Morgan fingerprint density at radius 2 is 1.93 bits per heavy atom. The number of carbonyl (C=O) groups excluding carboxylic acids is 3. The van der Waals surface area contributed by atoms with E-state index in [1.807, 2.05) is 19.1 Å². The van der Waals surface area contributed by atoms with Crippen LogP contribution in [0, 0.1) is 6.92 Å². The SMILES string of the molecule is COc1ccc(CCN2C(=O)N[C@@H](CC(=O)Nc3cccc(C)n3)C2=O)cc1OC. The van der Waals surface area contributed by atoms with E-state index in [-0.39, 0.29) is 13.0 Å². The van der Waals surface area contributed by atoms with Crippen molar-refractivity contribution in [3.8, 4) is 11.5 Å². The molecule has 0 radical (unpaired) electrons. The van der Waals surface area contributed by atoms with E-state index in [4.69, 9.17) is 9.47 Å². The van der Waals surface area contributed by atoms with Crippen molar-refractivity contribution in [2.75, 3.05) is 26.1 Å². The number of benzene rings is 1. The molecule has 0 saturated carbocycles. The van der Waals surface area contributed by atoms with Crippen LogP contribution in [-0.4, -0.2) is 54.5 Å². The zero-order valence-corrected chi connectivity index (χ0v) is 17.1. The van der Waals surface area contributed by atoms with Gasteiger partial charge in [-0.25, -0.2) is 9.78 Å². The molecule has 9 heteroatoms. The molecule has 30 heavy (non-hydrogen) atoms. The minimum Gasteiger partial charge on any atom is -0.493 e. The van der Waals surface area contributed by atoms with Gasteiger partial charge < -0.3 is 20.1 Å². The van der Waals surface area contributed by atoms with Crippen molar-refractivity contribution in [3.63, 3.8) is 0 Å². The van der Waals surface area contributed by atoms with Crippen LogP contribution >= 0.6 is 0 Å². The first-order valence-corrected chi connectivity index (χ1v) is 9.47. The maximum absolute atomic E-state index is 12.6. The highest BCUT2D eigenvalue weighted by Gasteiger charge is 2.38. The first kappa shape index (κ1) is 21.1. The highest BCUT2D eigenvalue weighted by molar-refractivity contribution is 6.06. The molecule has 1 aromatic carbocycles. The average Bonchev–Trinajstić information content (AvgIpc) is 2.98. The molecule has 1 saturated heterocycles. The average molecular weight is 412 g/mol. The third kappa shape index (κ3) is 4.86. The van der Waals surface area contributed by atoms with Crippen LogP contribution in [0.15, 0.2) is 36.4 Å². The van der Waals surface area contributed by atoms with Crippen LogP contribution in [0.5, 0.6) is 11.5 Å². The summed E-state index contributed by atoms with van der Waals surface area (Å²) in [7, 11) is 3.09. The summed E-state index contributed by atoms with van der Waals surface area (Å²) in [6, 6.07) is 9.27. The van der Waals surface area contributed by atoms with Gasteiger partial charge >= 0.3 is 6.03 Å². The summed E-state index contributed by atoms with van der Waals surface area (Å²) in [6.45, 7) is 2.00. The van der Waals surface area contributed by atoms with E-state index in [1.165, 1.54) is 0 Å². The van der Waals surface area contributed by atoms with Crippen LogP contribution < -0.4 is 20.1 Å². The molecule has 0 spiro atoms. The van der Waals surface area contributed by atoms with Crippen LogP contribution in [0.2, 0.25) is 0 Å². The molecule has 158 valence electrons. The normalized spacial score (nSPS) is 15.7. The minimum atomic E-state index is -0.896. The van der Waals surface area contributed by atoms with Gasteiger partial charge in [0.2, 0.25) is 5.91 Å². The lowest BCUT2D eigenvalue weighted by Crippen LogP contribution is -2.35. The summed E-state index contributed by atoms with van der Waals surface area (Å²) in [6.07, 6.45) is 0.290. The molecular weight excluding hydrogens is 388 g/mol. The molecule has 1 atom stereocenters. The molecule has 0 aliphatic carbocycles. The summed E-state index contributed by atoms with van der Waals surface area (Å²) in [4.78, 5) is 42.4. The van der Waals surface area contributed by atoms with E-state index >= 15 is 0 Å². The molecule has 1 aromatic heterocycles. The maximum Gasteiger partial charge on any atom is 0.324 e. The van der Waals surface area contributed by atoms with E-state index in [9.17, 15) is 14.4 Å². The monoisotopic (exact) mass is 412 g/mol. The Kier molecular flexibility index (Phi) is 6.51. The number of hydrogen-bond donors (Lipinski definition) is 2. The van der Waals surface area contributed by atoms with Crippen molar-refractivity contribution in [1.82, 2.24) is 15.2 Å². The van der Waals surface area contributed by atoms with E-state index in [2.05, 4.69) is 15.6 Å². The number of methoxy groups -OCH3 is 2. The number of hydrogen-bond acceptors (Lipinski definition) is 6. The Bertz CT molecular complexity index is 962. The second kappa shape index (κ2) is 9.25. The number of anilines is 1. The number of aromatic nitrogens is 1. The van der Waals surface area contributed by atoms with Gasteiger partial charge in [0.25, 0.3) is 5.91 Å². The largest absolute Gasteiger partial charge is 0.493 e. The zero-order valence-electron chi connectivity index (χ0n) is 17.1. The Hall–Kier alpha value is -3.62. The second-order valence-electron chi connectivity index (χ2n) is 6.85. The number of carbonyl (C=O) groups is 3. The van der Waals surface area contributed by atoms with Gasteiger partial charge in [0.15, 0.2) is 11.5 Å². The lowest BCUT2D eigenvalue weighted by Gasteiger charge is -2.14. The number of aryl methyl sites for hydroxylation is 1. The molecular formula is C21H24N4O5. The Labute approximate surface area is 174 Å². The summed E-state index contributed by atoms with van der Waals surface area (Å²) >= 11 is 0. The molecule has 9 nitrogen and oxygen atoms in total. The second-order valence-corrected chi connectivity index (χ2v) is 6.85. The first-order chi connectivity index (χ1) is 14.4. The van der Waals surface area contributed by atoms with Crippen molar-refractivity contribution in [1.29, 1.82) is 0 Å². The summed E-state index contributed by atoms with van der Waals surface area (Å²) in [5.74, 6) is 0.764. The fourth-order valence-electron chi connectivity index (χ4n) is 3.20. The van der Waals surface area contributed by atoms with Crippen LogP contribution in [0.1, 0.15) is 17.7 Å². The lowest BCUT2D eigenvalue weighted by molar-refractivity contribution is -0.129. The maximum atomic E-state index is 12.6. The summed E-state index contributed by atoms with van der Waals surface area (Å²) in [5.41, 5.74) is 1.65. The van der Waals surface area contributed by atoms with Crippen molar-refractivity contribution in [2.24, 2.45) is 0 Å². The predicted octanol–water partition coefficient (Wildman–Crippen LogP) is 1.90. The van der Waals surface area contributed by atoms with Crippen LogP contribution in [-0.2, 0) is 16.0 Å². The predicted molar refractivity (Wildman–Crippen MR) is 110 cm³/mol. The Morgan fingerprint density at radius 1 is 1.17 bits per heavy atom. The van der Waals surface area contributed by atoms with Crippen molar-refractivity contribution < 1.29 is 23.9 Å². The fraction of sp³-hybridized carbons (Fsp3) is 0.333. The zero-order chi connectivity index (χ0) is 21.7. The lowest BCUT2D eigenvalue weighted by atomic mass is 10.1. The van der Waals surface area contributed by atoms with Gasteiger partial charge in [-0.2, -0.15) is 0 Å². The Morgan fingerprint density at radius 3 is 2.63 bits per heavy atom. The number of urea groups is 1. The molecule has 2 aromatic rings. The van der Waals surface area contributed by atoms with E-state index in [0.717, 1.165) is 16.2 Å². The highest BCUT2D eigenvalue weighted by Crippen LogP contribution is 2.28. The number of rotatable bonds is 8. The van der Waals surface area contributed by atoms with Crippen LogP contribution in [0.4, 0.5) is 10.6 Å². The highest BCUT2D eigenvalue weighted by atomic mass is 16.5. The molecule has 1 aliphatic heterocycles. The molecule has 0 bridgehead atoms. The smallest absolute Gasteiger partial charge is 0.324 e. The third-order valence-corrected chi connectivity index (χ3v) is 4.72. The van der Waals surface area contributed by atoms with Gasteiger partial charge in [0.1, 0.15) is 11.9 Å². The van der Waals surface area contributed by atoms with Gasteiger partial charge in [0, 0.05) is 12.2 Å². The number of imide groups is 1. The van der Waals surface area contributed by atoms with Crippen LogP contribution in [0.3, 0.4) is 0 Å². The van der Waals surface area contributed by atoms with Gasteiger partial charge in [-0.1, -0.05) is 12.1 Å². The fourth-order valence-corrected chi connectivity index (χ4v) is 3.20. The minimum absolute atomic E-state index is 0.160. The molecule has 2 N–H and O–H groups in total. The molecule has 1 fully saturated rings. The summed E-state index contributed by atoms with van der Waals surface area (Å²) in [5, 5.41) is 5.21. The molecule has 0 unspecified atom stereocenters. The number of nitrogens with one attached hydrogen (secondary N) is 2. The number of pyridine rings is 1. The van der Waals surface area contributed by atoms with E-state index in [1.54, 1.807) is 38.5 Å². The van der Waals surface area contributed by atoms with Crippen molar-refractivity contribution in [2.45, 2.75) is 25.8 Å². The van der Waals surface area contributed by atoms with Crippen molar-refractivity contribution >= 4 is 23.7 Å². The summed E-state index contributed by atoms with van der Waals surface area (Å²) < 4.78 is 10.5. The van der Waals surface area contributed by atoms with Gasteiger partial charge in [-0.3, -0.25) is 14.5 Å². The molecule has 4 amide bonds. The van der Waals surface area contributed by atoms with Gasteiger partial charge in [-0.15, -0.1) is 0 Å². The van der Waals surface area contributed by atoms with Gasteiger partial charge in [0.05, 0.1) is 20.6 Å². The third-order valence-electron chi connectivity index (χ3n) is 4.72. The molecule has 2 heterocycles. The number of amides is 4. The molecule has 1 aliphatic rings. The first-order valence-electron chi connectivity index (χ1n) is 9.47. The molecule has 3 rings (SSSR count). The standard InChI is InChI=1S/C21H24N4O5/c1-13-5-4-6-18(22-13)24-19(26)12-15-20(27)25(21(28)23-15)10-9-14-7-8-16(29-2)17(11-14)30-3/h4-8,11,15H,9-10,12H2,1-3H3,(H,23,28)(H,22,24,26)/t15-/m0/s1. The quantitative estimate of drug-likeness (QED) is 0.641. The van der Waals surface area contributed by atoms with Crippen molar-refractivity contribution in [3.05, 3.63) is 47.7 Å². The van der Waals surface area contributed by atoms with Crippen LogP contribution in [0.25, 0.3) is 0 Å². The number of nitrogens with zero attached hydrogens (tertiary/aromatic N) is 2. The van der Waals surface area contributed by atoms with Gasteiger partial charge in [-0.05, 0) is 43.2 Å². The Balaban J connectivity index is 1.57. The topological polar surface area (TPSA) is 110 Å². The number of ether oxygens (including phenoxy) is 2. The van der Waals surface area contributed by atoms with E-state index in [0.29, 0.717) is 23.7 Å². The van der Waals surface area contributed by atoms with E-state index < -0.39 is 23.9 Å².